The van der Waals surface area contributed by atoms with Gasteiger partial charge in [-0.1, -0.05) is 23.3 Å². The van der Waals surface area contributed by atoms with Gasteiger partial charge in [-0.15, -0.1) is 0 Å². The van der Waals surface area contributed by atoms with E-state index in [2.05, 4.69) is 21.4 Å². The summed E-state index contributed by atoms with van der Waals surface area (Å²) in [5, 5.41) is 16.0. The first-order chi connectivity index (χ1) is 10.1. The van der Waals surface area contributed by atoms with Crippen LogP contribution in [0.5, 0.6) is 5.75 Å². The highest BCUT2D eigenvalue weighted by Crippen LogP contribution is 2.39. The fourth-order valence-electron chi connectivity index (χ4n) is 2.53. The van der Waals surface area contributed by atoms with E-state index in [9.17, 15) is 5.26 Å². The lowest BCUT2D eigenvalue weighted by molar-refractivity contribution is 0.137. The van der Waals surface area contributed by atoms with Crippen molar-refractivity contribution >= 4 is 0 Å². The topological polar surface area (TPSA) is 93.8 Å². The van der Waals surface area contributed by atoms with Crippen molar-refractivity contribution in [3.05, 3.63) is 39.8 Å². The van der Waals surface area contributed by atoms with Crippen molar-refractivity contribution in [3.8, 4) is 11.8 Å². The van der Waals surface area contributed by atoms with Crippen molar-refractivity contribution < 1.29 is 4.74 Å². The molecule has 6 nitrogen and oxygen atoms in total. The van der Waals surface area contributed by atoms with Crippen molar-refractivity contribution in [1.82, 2.24) is 5.32 Å². The maximum Gasteiger partial charge on any atom is 0.129 e. The van der Waals surface area contributed by atoms with Crippen LogP contribution in [0.15, 0.2) is 23.3 Å². The summed E-state index contributed by atoms with van der Waals surface area (Å²) in [5.74, 6) is 0.830. The van der Waals surface area contributed by atoms with Crippen molar-refractivity contribution in [2.45, 2.75) is 38.3 Å². The number of azide groups is 1. The maximum atomic E-state index is 9.39. The van der Waals surface area contributed by atoms with E-state index in [0.717, 1.165) is 23.3 Å². The van der Waals surface area contributed by atoms with Gasteiger partial charge in [-0.2, -0.15) is 5.26 Å². The Morgan fingerprint density at radius 3 is 3.10 bits per heavy atom. The van der Waals surface area contributed by atoms with Gasteiger partial charge < -0.3 is 4.74 Å². The average Bonchev–Trinajstić information content (AvgIpc) is 2.77. The molecule has 1 aromatic rings. The Kier molecular flexibility index (Phi) is 4.69. The molecule has 1 N–H and O–H groups in total. The highest BCUT2D eigenvalue weighted by molar-refractivity contribution is 5.48. The Morgan fingerprint density at radius 1 is 1.57 bits per heavy atom. The van der Waals surface area contributed by atoms with Crippen LogP contribution in [-0.2, 0) is 6.42 Å². The normalized spacial score (nSPS) is 16.2. The number of nitrogens with zero attached hydrogens (tertiary/aromatic N) is 4. The number of nitrogens with one attached hydrogen (secondary N) is 1. The summed E-state index contributed by atoms with van der Waals surface area (Å²) in [4.78, 5) is 2.71. The van der Waals surface area contributed by atoms with E-state index in [0.29, 0.717) is 19.5 Å². The van der Waals surface area contributed by atoms with Crippen molar-refractivity contribution in [2.24, 2.45) is 5.11 Å². The third kappa shape index (κ3) is 3.66. The summed E-state index contributed by atoms with van der Waals surface area (Å²) in [6.07, 6.45) is 1.55. The van der Waals surface area contributed by atoms with E-state index in [4.69, 9.17) is 10.3 Å². The minimum absolute atomic E-state index is 0.222. The molecule has 0 bridgehead atoms. The molecule has 0 fully saturated rings. The van der Waals surface area contributed by atoms with Gasteiger partial charge in [0.1, 0.15) is 17.4 Å². The van der Waals surface area contributed by atoms with Crippen LogP contribution >= 0.6 is 0 Å². The molecule has 0 saturated carbocycles. The van der Waals surface area contributed by atoms with Crippen LogP contribution in [0.1, 0.15) is 37.4 Å². The van der Waals surface area contributed by atoms with E-state index >= 15 is 0 Å². The van der Waals surface area contributed by atoms with Gasteiger partial charge in [-0.3, -0.25) is 5.32 Å². The Morgan fingerprint density at radius 2 is 2.38 bits per heavy atom. The standard InChI is InChI=1S/C15H19N5O/c1-15(2)9-11-5-3-6-12(14(11)21-15)13(10-16)18-7-4-8-19-20-17/h3,5-6,13,18H,4,7-9H2,1-2H3. The van der Waals surface area contributed by atoms with Crippen LogP contribution < -0.4 is 10.1 Å². The molecule has 0 aliphatic carbocycles. The highest BCUT2D eigenvalue weighted by Gasteiger charge is 2.33. The average molecular weight is 285 g/mol. The van der Waals surface area contributed by atoms with Crippen molar-refractivity contribution in [3.63, 3.8) is 0 Å². The van der Waals surface area contributed by atoms with Gasteiger partial charge in [-0.25, -0.2) is 0 Å². The minimum Gasteiger partial charge on any atom is -0.487 e. The molecule has 21 heavy (non-hydrogen) atoms. The fraction of sp³-hybridized carbons (Fsp3) is 0.533. The Labute approximate surface area is 124 Å². The highest BCUT2D eigenvalue weighted by atomic mass is 16.5. The number of para-hydroxylation sites is 1. The molecular formula is C15H19N5O. The van der Waals surface area contributed by atoms with Crippen LogP contribution in [0.3, 0.4) is 0 Å². The summed E-state index contributed by atoms with van der Waals surface area (Å²) >= 11 is 0. The molecular weight excluding hydrogens is 266 g/mol. The van der Waals surface area contributed by atoms with Crippen LogP contribution in [0.25, 0.3) is 10.4 Å². The largest absolute Gasteiger partial charge is 0.487 e. The smallest absolute Gasteiger partial charge is 0.129 e. The van der Waals surface area contributed by atoms with Gasteiger partial charge >= 0.3 is 0 Å². The molecule has 0 amide bonds. The Bertz CT molecular complexity index is 599. The summed E-state index contributed by atoms with van der Waals surface area (Å²) < 4.78 is 6.00. The van der Waals surface area contributed by atoms with Gasteiger partial charge in [0.05, 0.1) is 6.07 Å². The monoisotopic (exact) mass is 285 g/mol. The summed E-state index contributed by atoms with van der Waals surface area (Å²) in [6, 6.07) is 7.79. The Balaban J connectivity index is 2.08. The lowest BCUT2D eigenvalue weighted by atomic mass is 9.98. The molecule has 1 unspecified atom stereocenters. The van der Waals surface area contributed by atoms with E-state index in [1.807, 2.05) is 32.0 Å². The molecule has 1 aromatic carbocycles. The molecule has 0 spiro atoms. The predicted octanol–water partition coefficient (Wildman–Crippen LogP) is 3.25. The number of nitriles is 1. The zero-order valence-corrected chi connectivity index (χ0v) is 12.3. The molecule has 2 rings (SSSR count). The Hall–Kier alpha value is -2.22. The van der Waals surface area contributed by atoms with Crippen LogP contribution in [0, 0.1) is 11.3 Å². The van der Waals surface area contributed by atoms with Gasteiger partial charge in [-0.05, 0) is 37.9 Å². The molecule has 110 valence electrons. The number of rotatable bonds is 6. The number of benzene rings is 1. The molecule has 0 radical (unpaired) electrons. The van der Waals surface area contributed by atoms with Crippen molar-refractivity contribution in [2.75, 3.05) is 13.1 Å². The van der Waals surface area contributed by atoms with E-state index in [1.54, 1.807) is 0 Å². The molecule has 0 aromatic heterocycles. The number of fused-ring (bicyclic) bond motifs is 1. The molecule has 1 aliphatic heterocycles. The fourth-order valence-corrected chi connectivity index (χ4v) is 2.53. The minimum atomic E-state index is -0.417. The van der Waals surface area contributed by atoms with E-state index in [-0.39, 0.29) is 5.60 Å². The van der Waals surface area contributed by atoms with Gasteiger partial charge in [0.25, 0.3) is 0 Å². The summed E-state index contributed by atoms with van der Waals surface area (Å²) in [7, 11) is 0. The first-order valence-corrected chi connectivity index (χ1v) is 7.02. The lowest BCUT2D eigenvalue weighted by Crippen LogP contribution is -2.26. The zero-order chi connectivity index (χ0) is 15.3. The molecule has 0 saturated heterocycles. The summed E-state index contributed by atoms with van der Waals surface area (Å²) in [6.45, 7) is 5.14. The maximum absolute atomic E-state index is 9.39. The van der Waals surface area contributed by atoms with Crippen LogP contribution in [0.4, 0.5) is 0 Å². The van der Waals surface area contributed by atoms with E-state index in [1.165, 1.54) is 0 Å². The van der Waals surface area contributed by atoms with Crippen LogP contribution in [-0.4, -0.2) is 18.7 Å². The second kappa shape index (κ2) is 6.49. The SMILES string of the molecule is CC1(C)Cc2cccc(C(C#N)NCCCN=[N+]=[N-])c2O1. The number of ether oxygens (including phenoxy) is 1. The molecule has 1 heterocycles. The second-order valence-corrected chi connectivity index (χ2v) is 5.70. The first-order valence-electron chi connectivity index (χ1n) is 7.02. The van der Waals surface area contributed by atoms with Gasteiger partial charge in [0.15, 0.2) is 0 Å². The van der Waals surface area contributed by atoms with E-state index < -0.39 is 6.04 Å². The lowest BCUT2D eigenvalue weighted by Gasteiger charge is -2.20. The van der Waals surface area contributed by atoms with Crippen LogP contribution in [0.2, 0.25) is 0 Å². The first kappa shape index (κ1) is 15.2. The second-order valence-electron chi connectivity index (χ2n) is 5.70. The molecule has 1 atom stereocenters. The quantitative estimate of drug-likeness (QED) is 0.376. The third-order valence-electron chi connectivity index (χ3n) is 3.41. The number of hydrogen-bond donors (Lipinski definition) is 1. The zero-order valence-electron chi connectivity index (χ0n) is 12.3. The van der Waals surface area contributed by atoms with Gasteiger partial charge in [0.2, 0.25) is 0 Å². The molecule has 6 heteroatoms. The predicted molar refractivity (Wildman–Crippen MR) is 79.8 cm³/mol. The van der Waals surface area contributed by atoms with Gasteiger partial charge in [0, 0.05) is 23.4 Å². The third-order valence-corrected chi connectivity index (χ3v) is 3.41. The summed E-state index contributed by atoms with van der Waals surface area (Å²) in [5.41, 5.74) is 10.0. The number of hydrogen-bond acceptors (Lipinski definition) is 4. The van der Waals surface area contributed by atoms with Crippen molar-refractivity contribution in [1.29, 1.82) is 5.26 Å². The molecule has 1 aliphatic rings.